The average molecular weight is 355 g/mol. The van der Waals surface area contributed by atoms with Crippen molar-refractivity contribution in [3.05, 3.63) is 48.0 Å². The van der Waals surface area contributed by atoms with E-state index in [-0.39, 0.29) is 17.9 Å². The summed E-state index contributed by atoms with van der Waals surface area (Å²) in [5.74, 6) is 0.341. The van der Waals surface area contributed by atoms with Crippen molar-refractivity contribution in [1.82, 2.24) is 4.98 Å². The highest BCUT2D eigenvalue weighted by Gasteiger charge is 2.62. The first-order valence-electron chi connectivity index (χ1n) is 8.54. The van der Waals surface area contributed by atoms with Gasteiger partial charge in [-0.1, -0.05) is 6.07 Å². The van der Waals surface area contributed by atoms with Gasteiger partial charge in [0, 0.05) is 23.7 Å². The maximum atomic E-state index is 13.6. The molecule has 4 heterocycles. The molecule has 26 heavy (non-hydrogen) atoms. The van der Waals surface area contributed by atoms with Crippen LogP contribution in [0.2, 0.25) is 0 Å². The first kappa shape index (κ1) is 15.6. The number of amidine groups is 1. The molecule has 2 N–H and O–H groups in total. The summed E-state index contributed by atoms with van der Waals surface area (Å²) in [5, 5.41) is 0. The van der Waals surface area contributed by atoms with E-state index >= 15 is 0 Å². The van der Waals surface area contributed by atoms with Gasteiger partial charge in [0.2, 0.25) is 0 Å². The molecule has 2 aromatic rings. The minimum atomic E-state index is -0.764. The van der Waals surface area contributed by atoms with E-state index in [2.05, 4.69) is 9.98 Å². The Kier molecular flexibility index (Phi) is 3.10. The third-order valence-corrected chi connectivity index (χ3v) is 5.45. The van der Waals surface area contributed by atoms with Crippen LogP contribution in [0.1, 0.15) is 18.9 Å². The minimum absolute atomic E-state index is 0.147. The number of nitrogens with two attached hydrogens (primary N) is 1. The van der Waals surface area contributed by atoms with Gasteiger partial charge in [-0.05, 0) is 30.7 Å². The molecule has 6 nitrogen and oxygen atoms in total. The predicted molar refractivity (Wildman–Crippen MR) is 92.3 cm³/mol. The standard InChI is InChI=1S/C19H18FN3O3/c1-18-4-5-24-16(18)19(10-25-17(21)23-19)14-7-11(2-3-15(14)26-18)12-6-13(20)9-22-8-12/h2-3,6-9,16H,4-5,10H2,1H3,(H2,21,23)/t16-,18+,19+/m1/s1. The van der Waals surface area contributed by atoms with Gasteiger partial charge in [0.05, 0.1) is 12.8 Å². The highest BCUT2D eigenvalue weighted by molar-refractivity contribution is 5.75. The van der Waals surface area contributed by atoms with Gasteiger partial charge in [0.25, 0.3) is 6.02 Å². The zero-order valence-corrected chi connectivity index (χ0v) is 14.2. The van der Waals surface area contributed by atoms with Crippen LogP contribution < -0.4 is 10.5 Å². The lowest BCUT2D eigenvalue weighted by Crippen LogP contribution is -2.57. The molecule has 0 aliphatic carbocycles. The number of hydrogen-bond acceptors (Lipinski definition) is 6. The highest BCUT2D eigenvalue weighted by atomic mass is 19.1. The lowest BCUT2D eigenvalue weighted by Gasteiger charge is -2.45. The summed E-state index contributed by atoms with van der Waals surface area (Å²) in [7, 11) is 0. The molecule has 1 aromatic carbocycles. The molecule has 0 bridgehead atoms. The monoisotopic (exact) mass is 355 g/mol. The van der Waals surface area contributed by atoms with Crippen LogP contribution in [0.5, 0.6) is 5.75 Å². The van der Waals surface area contributed by atoms with E-state index in [9.17, 15) is 4.39 Å². The lowest BCUT2D eigenvalue weighted by atomic mass is 9.74. The van der Waals surface area contributed by atoms with E-state index in [0.29, 0.717) is 18.8 Å². The first-order valence-corrected chi connectivity index (χ1v) is 8.54. The van der Waals surface area contributed by atoms with Crippen LogP contribution in [-0.2, 0) is 15.0 Å². The van der Waals surface area contributed by atoms with Gasteiger partial charge in [-0.2, -0.15) is 0 Å². The Balaban J connectivity index is 1.71. The normalized spacial score (nSPS) is 31.8. The molecule has 3 aliphatic rings. The number of benzene rings is 1. The zero-order chi connectivity index (χ0) is 17.9. The second-order valence-electron chi connectivity index (χ2n) is 7.18. The molecule has 1 fully saturated rings. The Labute approximate surface area is 149 Å². The number of pyridine rings is 1. The topological polar surface area (TPSA) is 79.0 Å². The van der Waals surface area contributed by atoms with Crippen LogP contribution >= 0.6 is 0 Å². The highest BCUT2D eigenvalue weighted by Crippen LogP contribution is 2.53. The molecule has 3 aliphatic heterocycles. The summed E-state index contributed by atoms with van der Waals surface area (Å²) >= 11 is 0. The molecule has 7 heteroatoms. The molecular weight excluding hydrogens is 337 g/mol. The van der Waals surface area contributed by atoms with Crippen molar-refractivity contribution in [3.63, 3.8) is 0 Å². The van der Waals surface area contributed by atoms with Gasteiger partial charge in [-0.3, -0.25) is 4.98 Å². The first-order chi connectivity index (χ1) is 12.5. The van der Waals surface area contributed by atoms with Crippen molar-refractivity contribution < 1.29 is 18.6 Å². The summed E-state index contributed by atoms with van der Waals surface area (Å²) in [6, 6.07) is 7.32. The second kappa shape index (κ2) is 5.17. The molecule has 0 amide bonds. The van der Waals surface area contributed by atoms with E-state index < -0.39 is 11.1 Å². The average Bonchev–Trinajstić information content (AvgIpc) is 3.19. The second-order valence-corrected chi connectivity index (χ2v) is 7.18. The number of rotatable bonds is 1. The van der Waals surface area contributed by atoms with Gasteiger partial charge in [0.1, 0.15) is 29.9 Å². The smallest absolute Gasteiger partial charge is 0.283 e. The predicted octanol–water partition coefficient (Wildman–Crippen LogP) is 2.37. The molecule has 5 rings (SSSR count). The summed E-state index contributed by atoms with van der Waals surface area (Å²) in [4.78, 5) is 8.57. The van der Waals surface area contributed by atoms with E-state index in [1.54, 1.807) is 6.20 Å². The van der Waals surface area contributed by atoms with Crippen LogP contribution in [-0.4, -0.2) is 35.9 Å². The van der Waals surface area contributed by atoms with Gasteiger partial charge in [-0.25, -0.2) is 9.38 Å². The molecule has 134 valence electrons. The van der Waals surface area contributed by atoms with Crippen LogP contribution in [0, 0.1) is 5.82 Å². The fraction of sp³-hybridized carbons (Fsp3) is 0.368. The van der Waals surface area contributed by atoms with Crippen LogP contribution in [0.25, 0.3) is 11.1 Å². The Morgan fingerprint density at radius 1 is 1.23 bits per heavy atom. The largest absolute Gasteiger partial charge is 0.484 e. The Bertz CT molecular complexity index is 934. The summed E-state index contributed by atoms with van der Waals surface area (Å²) < 4.78 is 31.5. The number of aliphatic imine (C=N–C) groups is 1. The summed E-state index contributed by atoms with van der Waals surface area (Å²) in [6.45, 7) is 2.91. The van der Waals surface area contributed by atoms with E-state index in [1.165, 1.54) is 12.3 Å². The number of aromatic nitrogens is 1. The van der Waals surface area contributed by atoms with Gasteiger partial charge >= 0.3 is 0 Å². The maximum Gasteiger partial charge on any atom is 0.283 e. The van der Waals surface area contributed by atoms with Crippen LogP contribution in [0.3, 0.4) is 0 Å². The molecule has 0 unspecified atom stereocenters. The SMILES string of the molecule is C[C@]12CCO[C@H]1[C@]1(COC(N)=N1)c1cc(-c3cncc(F)c3)ccc1O2. The molecule has 1 saturated heterocycles. The number of fused-ring (bicyclic) bond motifs is 4. The quantitative estimate of drug-likeness (QED) is 0.850. The zero-order valence-electron chi connectivity index (χ0n) is 14.2. The lowest BCUT2D eigenvalue weighted by molar-refractivity contribution is -0.0755. The minimum Gasteiger partial charge on any atom is -0.484 e. The van der Waals surface area contributed by atoms with Crippen molar-refractivity contribution in [2.45, 2.75) is 30.6 Å². The molecular formula is C19H18FN3O3. The van der Waals surface area contributed by atoms with Gasteiger partial charge < -0.3 is 19.9 Å². The van der Waals surface area contributed by atoms with Crippen LogP contribution in [0.4, 0.5) is 4.39 Å². The molecule has 0 radical (unpaired) electrons. The van der Waals surface area contributed by atoms with Crippen LogP contribution in [0.15, 0.2) is 41.7 Å². The van der Waals surface area contributed by atoms with E-state index in [4.69, 9.17) is 19.9 Å². The Hall–Kier alpha value is -2.67. The van der Waals surface area contributed by atoms with Crippen molar-refractivity contribution in [1.29, 1.82) is 0 Å². The van der Waals surface area contributed by atoms with Crippen molar-refractivity contribution in [2.24, 2.45) is 10.7 Å². The third-order valence-electron chi connectivity index (χ3n) is 5.45. The Morgan fingerprint density at radius 3 is 2.88 bits per heavy atom. The van der Waals surface area contributed by atoms with E-state index in [0.717, 1.165) is 23.3 Å². The fourth-order valence-corrected chi connectivity index (χ4v) is 4.25. The fourth-order valence-electron chi connectivity index (χ4n) is 4.25. The molecule has 1 aromatic heterocycles. The number of nitrogens with zero attached hydrogens (tertiary/aromatic N) is 2. The van der Waals surface area contributed by atoms with Gasteiger partial charge in [-0.15, -0.1) is 0 Å². The van der Waals surface area contributed by atoms with Crippen molar-refractivity contribution >= 4 is 6.02 Å². The third kappa shape index (κ3) is 2.07. The van der Waals surface area contributed by atoms with Crippen molar-refractivity contribution in [3.8, 4) is 16.9 Å². The number of halogens is 1. The number of ether oxygens (including phenoxy) is 3. The molecule has 1 spiro atoms. The van der Waals surface area contributed by atoms with Crippen molar-refractivity contribution in [2.75, 3.05) is 13.2 Å². The molecule has 0 saturated carbocycles. The maximum absolute atomic E-state index is 13.6. The summed E-state index contributed by atoms with van der Waals surface area (Å²) in [6.07, 6.45) is 3.27. The molecule has 3 atom stereocenters. The number of hydrogen-bond donors (Lipinski definition) is 1. The van der Waals surface area contributed by atoms with E-state index in [1.807, 2.05) is 25.1 Å². The Morgan fingerprint density at radius 2 is 2.12 bits per heavy atom. The summed E-state index contributed by atoms with van der Waals surface area (Å²) in [5.41, 5.74) is 6.94. The van der Waals surface area contributed by atoms with Gasteiger partial charge in [0.15, 0.2) is 5.54 Å².